The molecule has 0 bridgehead atoms. The fraction of sp³-hybridized carbons (Fsp3) is 0.400. The molecular weight excluding hydrogens is 332 g/mol. The Bertz CT molecular complexity index is 627. The van der Waals surface area contributed by atoms with Crippen molar-refractivity contribution in [3.05, 3.63) is 51.1 Å². The molecule has 0 aliphatic rings. The minimum absolute atomic E-state index is 0.0914. The molecule has 0 unspecified atom stereocenters. The topological polar surface area (TPSA) is 59.8 Å². The van der Waals surface area contributed by atoms with Gasteiger partial charge in [-0.1, -0.05) is 19.4 Å². The van der Waals surface area contributed by atoms with Gasteiger partial charge in [0.05, 0.1) is 11.9 Å². The van der Waals surface area contributed by atoms with Gasteiger partial charge in [0.1, 0.15) is 4.47 Å². The summed E-state index contributed by atoms with van der Waals surface area (Å²) in [5, 5.41) is 7.42. The summed E-state index contributed by atoms with van der Waals surface area (Å²) in [5.74, 6) is 0. The summed E-state index contributed by atoms with van der Waals surface area (Å²) in [5.41, 5.74) is 1.65. The number of nitrogens with one attached hydrogen (secondary N) is 1. The third-order valence-corrected chi connectivity index (χ3v) is 3.90. The Balaban J connectivity index is 1.97. The van der Waals surface area contributed by atoms with Crippen LogP contribution < -0.4 is 10.9 Å². The van der Waals surface area contributed by atoms with Crippen molar-refractivity contribution >= 4 is 21.6 Å². The Morgan fingerprint density at radius 1 is 1.38 bits per heavy atom. The van der Waals surface area contributed by atoms with E-state index in [1.54, 1.807) is 12.4 Å². The largest absolute Gasteiger partial charge is 0.382 e. The Hall–Kier alpha value is -1.69. The number of nitrogens with zero attached hydrogens (tertiary/aromatic N) is 3. The third-order valence-electron chi connectivity index (χ3n) is 3.13. The van der Waals surface area contributed by atoms with Crippen LogP contribution in [-0.2, 0) is 13.0 Å². The highest BCUT2D eigenvalue weighted by atomic mass is 79.9. The van der Waals surface area contributed by atoms with Gasteiger partial charge in [0.15, 0.2) is 0 Å². The maximum Gasteiger partial charge on any atom is 0.283 e. The highest BCUT2D eigenvalue weighted by Crippen LogP contribution is 2.16. The van der Waals surface area contributed by atoms with Crippen LogP contribution in [0.5, 0.6) is 0 Å². The van der Waals surface area contributed by atoms with Gasteiger partial charge >= 0.3 is 0 Å². The second-order valence-corrected chi connectivity index (χ2v) is 5.54. The van der Waals surface area contributed by atoms with Crippen molar-refractivity contribution in [2.24, 2.45) is 0 Å². The number of aromatic nitrogens is 3. The number of halogens is 1. The molecule has 21 heavy (non-hydrogen) atoms. The quantitative estimate of drug-likeness (QED) is 0.833. The monoisotopic (exact) mass is 350 g/mol. The lowest BCUT2D eigenvalue weighted by molar-refractivity contribution is 0.541. The van der Waals surface area contributed by atoms with E-state index in [2.05, 4.69) is 38.3 Å². The van der Waals surface area contributed by atoms with Crippen LogP contribution in [0.25, 0.3) is 0 Å². The molecule has 2 heterocycles. The van der Waals surface area contributed by atoms with Gasteiger partial charge in [-0.15, -0.1) is 0 Å². The summed E-state index contributed by atoms with van der Waals surface area (Å²) in [6, 6.07) is 5.85. The first-order valence-corrected chi connectivity index (χ1v) is 7.91. The number of aryl methyl sites for hydroxylation is 1. The minimum atomic E-state index is -0.0914. The van der Waals surface area contributed by atoms with Crippen LogP contribution in [0.2, 0.25) is 0 Å². The van der Waals surface area contributed by atoms with Crippen LogP contribution in [0.1, 0.15) is 25.5 Å². The molecule has 0 aliphatic carbocycles. The van der Waals surface area contributed by atoms with E-state index in [1.165, 1.54) is 4.68 Å². The number of anilines is 1. The maximum absolute atomic E-state index is 12.1. The molecule has 0 radical (unpaired) electrons. The van der Waals surface area contributed by atoms with E-state index in [4.69, 9.17) is 0 Å². The molecule has 1 N–H and O–H groups in total. The lowest BCUT2D eigenvalue weighted by Gasteiger charge is -2.10. The van der Waals surface area contributed by atoms with Crippen LogP contribution in [0.4, 0.5) is 5.69 Å². The van der Waals surface area contributed by atoms with E-state index in [1.807, 2.05) is 18.2 Å². The van der Waals surface area contributed by atoms with E-state index in [0.717, 1.165) is 30.6 Å². The first kappa shape index (κ1) is 15.7. The van der Waals surface area contributed by atoms with Crippen molar-refractivity contribution in [3.8, 4) is 0 Å². The van der Waals surface area contributed by atoms with Crippen molar-refractivity contribution in [1.82, 2.24) is 14.8 Å². The Morgan fingerprint density at radius 3 is 2.95 bits per heavy atom. The van der Waals surface area contributed by atoms with E-state index < -0.39 is 0 Å². The third kappa shape index (κ3) is 4.39. The van der Waals surface area contributed by atoms with Crippen LogP contribution in [0.15, 0.2) is 39.9 Å². The van der Waals surface area contributed by atoms with E-state index in [9.17, 15) is 4.79 Å². The normalized spacial score (nSPS) is 10.6. The lowest BCUT2D eigenvalue weighted by atomic mass is 10.2. The number of hydrogen-bond donors (Lipinski definition) is 1. The standard InChI is InChI=1S/C15H19BrN4O/c1-2-3-10-20-15(21)14(16)13(11-19-20)18-9-7-12-6-4-5-8-17-12/h4-6,8,11,18H,2-3,7,9-10H2,1H3. The number of unbranched alkanes of at least 4 members (excludes halogenated alkanes) is 1. The highest BCUT2D eigenvalue weighted by Gasteiger charge is 2.08. The van der Waals surface area contributed by atoms with Gasteiger partial charge in [0.25, 0.3) is 5.56 Å². The average Bonchev–Trinajstić information content (AvgIpc) is 2.52. The molecule has 0 saturated carbocycles. The van der Waals surface area contributed by atoms with Crippen LogP contribution >= 0.6 is 15.9 Å². The molecule has 6 heteroatoms. The molecule has 0 atom stereocenters. The molecule has 112 valence electrons. The lowest BCUT2D eigenvalue weighted by Crippen LogP contribution is -2.24. The Labute approximate surface area is 132 Å². The fourth-order valence-corrected chi connectivity index (χ4v) is 2.37. The number of hydrogen-bond acceptors (Lipinski definition) is 4. The van der Waals surface area contributed by atoms with Gasteiger partial charge in [-0.3, -0.25) is 9.78 Å². The molecule has 0 fully saturated rings. The smallest absolute Gasteiger partial charge is 0.283 e. The predicted molar refractivity (Wildman–Crippen MR) is 87.5 cm³/mol. The summed E-state index contributed by atoms with van der Waals surface area (Å²) >= 11 is 3.36. The van der Waals surface area contributed by atoms with Gasteiger partial charge in [0.2, 0.25) is 0 Å². The second-order valence-electron chi connectivity index (χ2n) is 4.75. The van der Waals surface area contributed by atoms with Crippen LogP contribution in [0, 0.1) is 0 Å². The zero-order chi connectivity index (χ0) is 15.1. The summed E-state index contributed by atoms with van der Waals surface area (Å²) in [6.45, 7) is 3.45. The summed E-state index contributed by atoms with van der Waals surface area (Å²) in [7, 11) is 0. The predicted octanol–water partition coefficient (Wildman–Crippen LogP) is 2.86. The molecule has 0 saturated heterocycles. The highest BCUT2D eigenvalue weighted by molar-refractivity contribution is 9.10. The molecule has 2 aromatic rings. The summed E-state index contributed by atoms with van der Waals surface area (Å²) < 4.78 is 2.03. The van der Waals surface area contributed by atoms with Crippen LogP contribution in [0.3, 0.4) is 0 Å². The fourth-order valence-electron chi connectivity index (χ4n) is 1.93. The number of pyridine rings is 1. The van der Waals surface area contributed by atoms with Crippen molar-refractivity contribution < 1.29 is 0 Å². The Kier molecular flexibility index (Phi) is 5.92. The van der Waals surface area contributed by atoms with E-state index in [-0.39, 0.29) is 5.56 Å². The molecule has 5 nitrogen and oxygen atoms in total. The first-order valence-electron chi connectivity index (χ1n) is 7.11. The van der Waals surface area contributed by atoms with E-state index >= 15 is 0 Å². The molecule has 2 rings (SSSR count). The molecule has 0 aromatic carbocycles. The summed E-state index contributed by atoms with van der Waals surface area (Å²) in [4.78, 5) is 16.4. The zero-order valence-electron chi connectivity index (χ0n) is 12.1. The van der Waals surface area contributed by atoms with Gasteiger partial charge in [0, 0.05) is 31.4 Å². The van der Waals surface area contributed by atoms with E-state index in [0.29, 0.717) is 17.6 Å². The van der Waals surface area contributed by atoms with Crippen molar-refractivity contribution in [3.63, 3.8) is 0 Å². The molecule has 0 aliphatic heterocycles. The molecule has 0 amide bonds. The SMILES string of the molecule is CCCCn1ncc(NCCc2ccccn2)c(Br)c1=O. The van der Waals surface area contributed by atoms with Gasteiger partial charge in [-0.2, -0.15) is 5.10 Å². The van der Waals surface area contributed by atoms with Gasteiger partial charge in [-0.25, -0.2) is 4.68 Å². The van der Waals surface area contributed by atoms with Crippen molar-refractivity contribution in [2.75, 3.05) is 11.9 Å². The zero-order valence-corrected chi connectivity index (χ0v) is 13.6. The average molecular weight is 351 g/mol. The first-order chi connectivity index (χ1) is 10.2. The number of rotatable bonds is 7. The maximum atomic E-state index is 12.1. The van der Waals surface area contributed by atoms with Gasteiger partial charge in [-0.05, 0) is 34.5 Å². The Morgan fingerprint density at radius 2 is 2.24 bits per heavy atom. The molecule has 0 spiro atoms. The molecule has 2 aromatic heterocycles. The van der Waals surface area contributed by atoms with Gasteiger partial charge < -0.3 is 5.32 Å². The van der Waals surface area contributed by atoms with Crippen LogP contribution in [-0.4, -0.2) is 21.3 Å². The molecular formula is C15H19BrN4O. The second kappa shape index (κ2) is 7.93. The summed E-state index contributed by atoms with van der Waals surface area (Å²) in [6.07, 6.45) is 6.26. The van der Waals surface area contributed by atoms with Crippen molar-refractivity contribution in [2.45, 2.75) is 32.7 Å². The minimum Gasteiger partial charge on any atom is -0.382 e. The van der Waals surface area contributed by atoms with Crippen molar-refractivity contribution in [1.29, 1.82) is 0 Å².